The van der Waals surface area contributed by atoms with Gasteiger partial charge in [-0.1, -0.05) is 20.8 Å². The van der Waals surface area contributed by atoms with Crippen molar-refractivity contribution in [1.82, 2.24) is 0 Å². The molecule has 0 aromatic heterocycles. The first-order valence-electron chi connectivity index (χ1n) is 6.70. The minimum atomic E-state index is -0.893. The molecule has 3 unspecified atom stereocenters. The third kappa shape index (κ3) is 1.53. The summed E-state index contributed by atoms with van der Waals surface area (Å²) in [5.74, 6) is 1.77. The van der Waals surface area contributed by atoms with E-state index in [1.807, 2.05) is 6.92 Å². The summed E-state index contributed by atoms with van der Waals surface area (Å²) in [6, 6.07) is 0. The normalized spacial score (nSPS) is 58.1. The lowest BCUT2D eigenvalue weighted by atomic mass is 9.57. The predicted molar refractivity (Wildman–Crippen MR) is 65.0 cm³/mol. The molecule has 0 heterocycles. The monoisotopic (exact) mass is 226 g/mol. The van der Waals surface area contributed by atoms with Crippen LogP contribution in [0.2, 0.25) is 0 Å². The van der Waals surface area contributed by atoms with Gasteiger partial charge in [-0.3, -0.25) is 0 Å². The molecule has 2 fully saturated rings. The second-order valence-electron chi connectivity index (χ2n) is 6.81. The predicted octanol–water partition coefficient (Wildman–Crippen LogP) is 2.58. The van der Waals surface area contributed by atoms with Crippen LogP contribution >= 0.6 is 0 Å². The summed E-state index contributed by atoms with van der Waals surface area (Å²) in [6.45, 7) is 8.62. The van der Waals surface area contributed by atoms with E-state index in [1.54, 1.807) is 0 Å². The Balaban J connectivity index is 2.34. The van der Waals surface area contributed by atoms with E-state index in [1.165, 1.54) is 6.42 Å². The van der Waals surface area contributed by atoms with Crippen molar-refractivity contribution in [3.8, 4) is 0 Å². The molecule has 2 heteroatoms. The highest BCUT2D eigenvalue weighted by molar-refractivity contribution is 5.11. The molecular formula is C14H26O2. The van der Waals surface area contributed by atoms with Crippen LogP contribution in [0.1, 0.15) is 53.4 Å². The van der Waals surface area contributed by atoms with E-state index in [4.69, 9.17) is 0 Å². The van der Waals surface area contributed by atoms with Gasteiger partial charge in [0.05, 0.1) is 11.7 Å². The SMILES string of the molecule is CC1CC(O)[C@](C)(O)C12C[C@H](C)C[C@H](C)C2. The number of aliphatic hydroxyl groups excluding tert-OH is 1. The minimum absolute atomic E-state index is 0.0521. The first kappa shape index (κ1) is 12.4. The van der Waals surface area contributed by atoms with Crippen LogP contribution in [0.15, 0.2) is 0 Å². The molecule has 6 atom stereocenters. The first-order chi connectivity index (χ1) is 7.29. The summed E-state index contributed by atoms with van der Waals surface area (Å²) < 4.78 is 0. The Kier molecular flexibility index (Phi) is 2.87. The van der Waals surface area contributed by atoms with Crippen LogP contribution in [0.3, 0.4) is 0 Å². The zero-order valence-corrected chi connectivity index (χ0v) is 11.0. The van der Waals surface area contributed by atoms with Crippen molar-refractivity contribution >= 4 is 0 Å². The Labute approximate surface area is 99.1 Å². The highest BCUT2D eigenvalue weighted by atomic mass is 16.3. The van der Waals surface area contributed by atoms with Crippen LogP contribution in [0.4, 0.5) is 0 Å². The van der Waals surface area contributed by atoms with E-state index >= 15 is 0 Å². The van der Waals surface area contributed by atoms with E-state index in [2.05, 4.69) is 20.8 Å². The summed E-state index contributed by atoms with van der Waals surface area (Å²) >= 11 is 0. The van der Waals surface area contributed by atoms with Gasteiger partial charge < -0.3 is 10.2 Å². The number of hydrogen-bond donors (Lipinski definition) is 2. The molecule has 0 aromatic carbocycles. The van der Waals surface area contributed by atoms with Crippen molar-refractivity contribution in [2.24, 2.45) is 23.2 Å². The van der Waals surface area contributed by atoms with Crippen LogP contribution < -0.4 is 0 Å². The number of rotatable bonds is 0. The Morgan fingerprint density at radius 1 is 1.00 bits per heavy atom. The summed E-state index contributed by atoms with van der Waals surface area (Å²) in [7, 11) is 0. The summed E-state index contributed by atoms with van der Waals surface area (Å²) in [6.07, 6.45) is 3.62. The van der Waals surface area contributed by atoms with Crippen molar-refractivity contribution in [1.29, 1.82) is 0 Å². The maximum atomic E-state index is 10.7. The molecule has 0 aromatic rings. The molecule has 0 bridgehead atoms. The third-order valence-electron chi connectivity index (χ3n) is 5.41. The van der Waals surface area contributed by atoms with E-state index in [0.29, 0.717) is 17.8 Å². The highest BCUT2D eigenvalue weighted by Crippen LogP contribution is 2.60. The largest absolute Gasteiger partial charge is 0.390 e. The van der Waals surface area contributed by atoms with Crippen LogP contribution in [0.5, 0.6) is 0 Å². The molecular weight excluding hydrogens is 200 g/mol. The molecule has 0 radical (unpaired) electrons. The Morgan fingerprint density at radius 2 is 1.50 bits per heavy atom. The van der Waals surface area contributed by atoms with Gasteiger partial charge in [-0.05, 0) is 50.4 Å². The molecule has 2 saturated carbocycles. The van der Waals surface area contributed by atoms with Gasteiger partial charge in [-0.25, -0.2) is 0 Å². The van der Waals surface area contributed by atoms with Crippen molar-refractivity contribution in [3.63, 3.8) is 0 Å². The van der Waals surface area contributed by atoms with Crippen LogP contribution in [-0.2, 0) is 0 Å². The fourth-order valence-electron chi connectivity index (χ4n) is 4.62. The van der Waals surface area contributed by atoms with Crippen LogP contribution in [0, 0.1) is 23.2 Å². The average Bonchev–Trinajstić information content (AvgIpc) is 2.27. The van der Waals surface area contributed by atoms with Gasteiger partial charge in [0.1, 0.15) is 0 Å². The summed E-state index contributed by atoms with van der Waals surface area (Å²) in [5.41, 5.74) is -0.946. The molecule has 0 amide bonds. The first-order valence-corrected chi connectivity index (χ1v) is 6.70. The third-order valence-corrected chi connectivity index (χ3v) is 5.41. The molecule has 0 saturated heterocycles. The van der Waals surface area contributed by atoms with Gasteiger partial charge in [0, 0.05) is 5.41 Å². The maximum absolute atomic E-state index is 10.7. The van der Waals surface area contributed by atoms with E-state index in [0.717, 1.165) is 19.3 Å². The van der Waals surface area contributed by atoms with Crippen molar-refractivity contribution < 1.29 is 10.2 Å². The molecule has 2 aliphatic carbocycles. The van der Waals surface area contributed by atoms with Gasteiger partial charge >= 0.3 is 0 Å². The quantitative estimate of drug-likeness (QED) is 0.666. The van der Waals surface area contributed by atoms with Gasteiger partial charge in [0.15, 0.2) is 0 Å². The van der Waals surface area contributed by atoms with Gasteiger partial charge in [-0.2, -0.15) is 0 Å². The molecule has 2 nitrogen and oxygen atoms in total. The summed E-state index contributed by atoms with van der Waals surface area (Å²) in [5, 5.41) is 20.8. The molecule has 0 aliphatic heterocycles. The van der Waals surface area contributed by atoms with Crippen molar-refractivity contribution in [3.05, 3.63) is 0 Å². The molecule has 2 aliphatic rings. The van der Waals surface area contributed by atoms with E-state index in [-0.39, 0.29) is 5.41 Å². The zero-order valence-electron chi connectivity index (χ0n) is 11.0. The van der Waals surface area contributed by atoms with Gasteiger partial charge in [0.25, 0.3) is 0 Å². The Hall–Kier alpha value is -0.0800. The summed E-state index contributed by atoms with van der Waals surface area (Å²) in [4.78, 5) is 0. The van der Waals surface area contributed by atoms with Crippen LogP contribution in [-0.4, -0.2) is 21.9 Å². The molecule has 16 heavy (non-hydrogen) atoms. The van der Waals surface area contributed by atoms with Gasteiger partial charge in [-0.15, -0.1) is 0 Å². The Morgan fingerprint density at radius 3 is 1.88 bits per heavy atom. The number of hydrogen-bond acceptors (Lipinski definition) is 2. The zero-order chi connectivity index (χ0) is 12.1. The van der Waals surface area contributed by atoms with E-state index < -0.39 is 11.7 Å². The van der Waals surface area contributed by atoms with Crippen LogP contribution in [0.25, 0.3) is 0 Å². The lowest BCUT2D eigenvalue weighted by molar-refractivity contribution is -0.143. The lowest BCUT2D eigenvalue weighted by Crippen LogP contribution is -2.53. The fourth-order valence-corrected chi connectivity index (χ4v) is 4.62. The van der Waals surface area contributed by atoms with Crippen molar-refractivity contribution in [2.45, 2.75) is 65.1 Å². The minimum Gasteiger partial charge on any atom is -0.390 e. The average molecular weight is 226 g/mol. The smallest absolute Gasteiger partial charge is 0.0936 e. The number of aliphatic hydroxyl groups is 2. The molecule has 1 spiro atoms. The molecule has 2 N–H and O–H groups in total. The topological polar surface area (TPSA) is 40.5 Å². The van der Waals surface area contributed by atoms with Crippen molar-refractivity contribution in [2.75, 3.05) is 0 Å². The Bertz CT molecular complexity index is 262. The second kappa shape index (κ2) is 3.71. The van der Waals surface area contributed by atoms with E-state index in [9.17, 15) is 10.2 Å². The second-order valence-corrected chi connectivity index (χ2v) is 6.81. The molecule has 94 valence electrons. The van der Waals surface area contributed by atoms with Gasteiger partial charge in [0.2, 0.25) is 0 Å². The molecule has 2 rings (SSSR count). The fraction of sp³-hybridized carbons (Fsp3) is 1.00. The standard InChI is InChI=1S/C14H26O2/c1-9-5-10(2)8-14(7-9)11(3)6-12(15)13(14,4)16/h9-12,15-16H,5-8H2,1-4H3/t9-,10+,11?,12?,13-,14?/m0/s1. The highest BCUT2D eigenvalue weighted by Gasteiger charge is 2.61. The lowest BCUT2D eigenvalue weighted by Gasteiger charge is -2.50. The maximum Gasteiger partial charge on any atom is 0.0936 e.